The van der Waals surface area contributed by atoms with Crippen LogP contribution in [0.1, 0.15) is 52.8 Å². The summed E-state index contributed by atoms with van der Waals surface area (Å²) >= 11 is 1.82. The van der Waals surface area contributed by atoms with Gasteiger partial charge < -0.3 is 36.3 Å². The second-order valence-corrected chi connectivity index (χ2v) is 14.6. The Bertz CT molecular complexity index is 1910. The minimum absolute atomic E-state index is 0. The molecule has 2 heterocycles. The molecule has 6 nitrogen and oxygen atoms in total. The van der Waals surface area contributed by atoms with Gasteiger partial charge in [-0.2, -0.15) is 59.9 Å². The van der Waals surface area contributed by atoms with Crippen molar-refractivity contribution in [3.8, 4) is 39.9 Å². The summed E-state index contributed by atoms with van der Waals surface area (Å²) in [5.74, 6) is 3.96. The predicted octanol–water partition coefficient (Wildman–Crippen LogP) is 11.1. The summed E-state index contributed by atoms with van der Waals surface area (Å²) in [6, 6.07) is 31.3. The fourth-order valence-electron chi connectivity index (χ4n) is 6.69. The molecule has 5 aromatic rings. The summed E-state index contributed by atoms with van der Waals surface area (Å²) < 4.78 is 28.4. The van der Waals surface area contributed by atoms with Crippen LogP contribution in [0.15, 0.2) is 84.9 Å². The van der Waals surface area contributed by atoms with E-state index < -0.39 is 5.54 Å². The first-order chi connectivity index (χ1) is 26.3. The molecule has 0 bridgehead atoms. The van der Waals surface area contributed by atoms with Crippen LogP contribution in [0.25, 0.3) is 16.9 Å². The first kappa shape index (κ1) is 56.1. The maximum absolute atomic E-state index is 9.20. The van der Waals surface area contributed by atoms with Crippen molar-refractivity contribution >= 4 is 24.2 Å². The Morgan fingerprint density at radius 2 is 1.21 bits per heavy atom. The SMILES string of the molecule is Cc1cc(C)cc(C)c1.[Ar].[Ar].[Ar].[CH2-][C@H](C(C)C)C([NH-])(c1[c-]cc(C)cc1)c1ccc(OC)cc1.[CH2-]c1ccc2c(c1-c1c(P)ccc3c1OCCO3)OCCO2.[Cl][Ru]. The van der Waals surface area contributed by atoms with Crippen LogP contribution in [0.5, 0.6) is 28.7 Å². The van der Waals surface area contributed by atoms with Crippen molar-refractivity contribution < 1.29 is 154 Å². The zero-order valence-corrected chi connectivity index (χ0v) is 39.7. The quantitative estimate of drug-likeness (QED) is 0.0963. The summed E-state index contributed by atoms with van der Waals surface area (Å²) in [5.41, 5.74) is 18.0. The Morgan fingerprint density at radius 1 is 0.724 bits per heavy atom. The van der Waals surface area contributed by atoms with E-state index in [0.29, 0.717) is 26.4 Å². The summed E-state index contributed by atoms with van der Waals surface area (Å²) in [5, 5.41) is 1.01. The zero-order valence-electron chi connectivity index (χ0n) is 33.9. The number of aryl methyl sites for hydroxylation is 4. The molecule has 0 aliphatic carbocycles. The van der Waals surface area contributed by atoms with Gasteiger partial charge in [0.2, 0.25) is 0 Å². The van der Waals surface area contributed by atoms with Gasteiger partial charge in [0.05, 0.1) is 7.11 Å². The molecule has 319 valence electrons. The van der Waals surface area contributed by atoms with Gasteiger partial charge in [0.25, 0.3) is 0 Å². The summed E-state index contributed by atoms with van der Waals surface area (Å²) in [7, 11) is 8.96. The number of hydrogen-bond donors (Lipinski definition) is 0. The molecule has 0 amide bonds. The Labute approximate surface area is 453 Å². The molecular formula is C46H52Ar3ClNO5PRu-4. The molecule has 5 aromatic carbocycles. The molecule has 3 atom stereocenters. The monoisotopic (exact) mass is 986 g/mol. The standard InChI is InChI=1S/C20H24NO.C17H16O4P.C9H12.3Ar.ClH.Ru/c1-14(2)16(4)20(21,17-8-6-15(3)7-9-17)18-10-12-19(22-5)13-11-18;1-10-2-3-11-16(20-8-6-18-11)14(10)15-13(22)5-4-12-17(15)21-9-7-19-12;1-7-4-8(2)6-9(3)5-7;;;;;/h6-8,10-14,16,21H,4H2,1-3,5H3;2-5H,1,6-9,22H2;4-6H,1-3H3;;;;1H;/q-3;-1;;;;;;+1/p-1/t16-,20?;;;;;;;/m1......./s1. The van der Waals surface area contributed by atoms with Gasteiger partial charge in [-0.15, -0.1) is 14.8 Å². The maximum atomic E-state index is 9.20. The average molecular weight is 986 g/mol. The number of rotatable bonds is 6. The average Bonchev–Trinajstić information content (AvgIpc) is 3.18. The third-order valence-electron chi connectivity index (χ3n) is 9.45. The Hall–Kier alpha value is 0.0526. The van der Waals surface area contributed by atoms with Gasteiger partial charge in [0, 0.05) is 113 Å². The van der Waals surface area contributed by atoms with Gasteiger partial charge >= 0.3 is 27.0 Å². The fraction of sp³-hybridized carbons (Fsp3) is 0.304. The molecule has 58 heavy (non-hydrogen) atoms. The summed E-state index contributed by atoms with van der Waals surface area (Å²) in [6.45, 7) is 23.3. The van der Waals surface area contributed by atoms with Crippen LogP contribution in [0.3, 0.4) is 0 Å². The Kier molecular flexibility index (Phi) is 26.4. The van der Waals surface area contributed by atoms with Gasteiger partial charge in [0.1, 0.15) is 43.7 Å². The van der Waals surface area contributed by atoms with Crippen molar-refractivity contribution in [2.45, 2.75) is 47.1 Å². The normalized spacial score (nSPS) is 13.3. The van der Waals surface area contributed by atoms with Crippen LogP contribution >= 0.6 is 18.9 Å². The van der Waals surface area contributed by atoms with Crippen molar-refractivity contribution in [3.63, 3.8) is 0 Å². The van der Waals surface area contributed by atoms with E-state index >= 15 is 0 Å². The number of ether oxygens (including phenoxy) is 5. The van der Waals surface area contributed by atoms with E-state index in [1.54, 1.807) is 7.11 Å². The van der Waals surface area contributed by atoms with E-state index in [4.69, 9.17) is 23.7 Å². The van der Waals surface area contributed by atoms with Crippen molar-refractivity contribution in [3.05, 3.63) is 150 Å². The Morgan fingerprint density at radius 3 is 1.67 bits per heavy atom. The predicted molar refractivity (Wildman–Crippen MR) is 226 cm³/mol. The minimum atomic E-state index is -0.922. The van der Waals surface area contributed by atoms with Gasteiger partial charge in [-0.3, -0.25) is 0 Å². The molecule has 1 N–H and O–H groups in total. The van der Waals surface area contributed by atoms with Crippen molar-refractivity contribution in [1.29, 1.82) is 0 Å². The molecule has 7 rings (SSSR count). The first-order valence-electron chi connectivity index (χ1n) is 18.2. The van der Waals surface area contributed by atoms with E-state index in [2.05, 4.69) is 91.7 Å². The van der Waals surface area contributed by atoms with Crippen LogP contribution in [-0.2, 0) is 22.9 Å². The van der Waals surface area contributed by atoms with E-state index in [1.807, 2.05) is 91.0 Å². The summed E-state index contributed by atoms with van der Waals surface area (Å²) in [6.07, 6.45) is 0. The van der Waals surface area contributed by atoms with Crippen LogP contribution in [0, 0.1) is 173 Å². The van der Waals surface area contributed by atoms with E-state index in [0.717, 1.165) is 67.4 Å². The molecule has 0 aromatic heterocycles. The molecular weight excluding hydrogens is 934 g/mol. The molecule has 0 radical (unpaired) electrons. The molecule has 2 aliphatic rings. The van der Waals surface area contributed by atoms with Crippen LogP contribution in [-0.4, -0.2) is 33.5 Å². The summed E-state index contributed by atoms with van der Waals surface area (Å²) in [4.78, 5) is 0. The molecule has 2 aliphatic heterocycles. The fourth-order valence-corrected chi connectivity index (χ4v) is 7.06. The third-order valence-corrected chi connectivity index (χ3v) is 9.93. The van der Waals surface area contributed by atoms with E-state index in [1.165, 1.54) is 16.7 Å². The molecule has 12 heteroatoms. The molecule has 0 saturated heterocycles. The number of hydrogen-bond acceptors (Lipinski definition) is 5. The Balaban J connectivity index is 0.000000445. The second-order valence-electron chi connectivity index (χ2n) is 14.0. The van der Waals surface area contributed by atoms with Crippen LogP contribution < -0.4 is 29.0 Å². The van der Waals surface area contributed by atoms with Crippen molar-refractivity contribution in [1.82, 2.24) is 0 Å². The topological polar surface area (TPSA) is 70.0 Å². The van der Waals surface area contributed by atoms with Gasteiger partial charge in [-0.1, -0.05) is 97.0 Å². The molecule has 0 spiro atoms. The van der Waals surface area contributed by atoms with Gasteiger partial charge in [-0.05, 0) is 49.8 Å². The third kappa shape index (κ3) is 14.6. The first-order valence-corrected chi connectivity index (χ1v) is 21.0. The second kappa shape index (κ2) is 27.3. The van der Waals surface area contributed by atoms with Crippen molar-refractivity contribution in [2.24, 2.45) is 11.8 Å². The van der Waals surface area contributed by atoms with Gasteiger partial charge in [0.15, 0.2) is 11.5 Å². The number of fused-ring (bicyclic) bond motifs is 2. The van der Waals surface area contributed by atoms with E-state index in [-0.39, 0.29) is 125 Å². The molecule has 2 unspecified atom stereocenters. The van der Waals surface area contributed by atoms with Gasteiger partial charge in [-0.25, -0.2) is 0 Å². The number of halogens is 1. The number of nitrogens with one attached hydrogen (secondary N) is 1. The van der Waals surface area contributed by atoms with Crippen LogP contribution in [0.4, 0.5) is 0 Å². The zero-order chi connectivity index (χ0) is 40.3. The van der Waals surface area contributed by atoms with Crippen molar-refractivity contribution in [2.75, 3.05) is 33.5 Å². The molecule has 0 saturated carbocycles. The number of methoxy groups -OCH3 is 1. The number of benzene rings is 5. The molecule has 0 fully saturated rings. The van der Waals surface area contributed by atoms with Crippen LogP contribution in [0.2, 0.25) is 0 Å². The van der Waals surface area contributed by atoms with E-state index in [9.17, 15) is 5.73 Å².